The molecule has 3 aromatic carbocycles. The summed E-state index contributed by atoms with van der Waals surface area (Å²) in [5.41, 5.74) is 1.83. The van der Waals surface area contributed by atoms with Gasteiger partial charge in [-0.15, -0.1) is 0 Å². The lowest BCUT2D eigenvalue weighted by Crippen LogP contribution is -2.23. The summed E-state index contributed by atoms with van der Waals surface area (Å²) in [5.74, 6) is 0.000561. The molecule has 7 heteroatoms. The molecule has 1 aliphatic heterocycles. The number of aliphatic imine (C=N–C) groups is 1. The Morgan fingerprint density at radius 1 is 1.17 bits per heavy atom. The zero-order chi connectivity index (χ0) is 21.1. The van der Waals surface area contributed by atoms with Gasteiger partial charge in [-0.1, -0.05) is 58.4 Å². The van der Waals surface area contributed by atoms with Crippen LogP contribution in [0.5, 0.6) is 5.75 Å². The number of nitrogens with one attached hydrogen (secondary N) is 1. The maximum Gasteiger partial charge on any atom is 0.286 e. The second kappa shape index (κ2) is 8.85. The summed E-state index contributed by atoms with van der Waals surface area (Å²) in [7, 11) is 0. The molecule has 1 heterocycles. The van der Waals surface area contributed by atoms with Crippen LogP contribution in [0.2, 0.25) is 0 Å². The van der Waals surface area contributed by atoms with Crippen LogP contribution in [0.15, 0.2) is 75.0 Å². The van der Waals surface area contributed by atoms with Gasteiger partial charge in [0, 0.05) is 17.0 Å². The van der Waals surface area contributed by atoms with E-state index >= 15 is 0 Å². The molecule has 30 heavy (non-hydrogen) atoms. The molecule has 0 saturated heterocycles. The zero-order valence-electron chi connectivity index (χ0n) is 16.0. The number of halogens is 1. The molecule has 0 aromatic heterocycles. The van der Waals surface area contributed by atoms with Gasteiger partial charge in [-0.2, -0.15) is 4.99 Å². The number of amidine groups is 1. The molecule has 0 atom stereocenters. The van der Waals surface area contributed by atoms with Crippen molar-refractivity contribution in [2.75, 3.05) is 0 Å². The Bertz CT molecular complexity index is 1210. The fraction of sp³-hybridized carbons (Fsp3) is 0.0870. The monoisotopic (exact) mass is 480 g/mol. The number of fused-ring (bicyclic) bond motifs is 1. The Morgan fingerprint density at radius 2 is 1.97 bits per heavy atom. The van der Waals surface area contributed by atoms with Crippen LogP contribution in [0.3, 0.4) is 0 Å². The van der Waals surface area contributed by atoms with E-state index in [-0.39, 0.29) is 17.0 Å². The minimum absolute atomic E-state index is 0.267. The van der Waals surface area contributed by atoms with E-state index in [4.69, 9.17) is 4.74 Å². The number of hydrogen-bond acceptors (Lipinski definition) is 4. The minimum atomic E-state index is -0.385. The molecule has 0 spiro atoms. The lowest BCUT2D eigenvalue weighted by molar-refractivity contribution is -0.117. The van der Waals surface area contributed by atoms with Crippen molar-refractivity contribution in [3.05, 3.63) is 81.2 Å². The number of rotatable bonds is 4. The molecule has 4 rings (SSSR count). The largest absolute Gasteiger partial charge is 0.488 e. The summed E-state index contributed by atoms with van der Waals surface area (Å²) in [5, 5.41) is 5.14. The van der Waals surface area contributed by atoms with Crippen LogP contribution in [0, 0.1) is 0 Å². The van der Waals surface area contributed by atoms with Gasteiger partial charge in [0.25, 0.3) is 5.91 Å². The maximum atomic E-state index is 12.2. The van der Waals surface area contributed by atoms with Crippen LogP contribution < -0.4 is 10.1 Å². The maximum absolute atomic E-state index is 12.2. The summed E-state index contributed by atoms with van der Waals surface area (Å²) >= 11 is 4.60. The number of hydrogen-bond donors (Lipinski definition) is 1. The molecular formula is C23H17BrN2O3S. The Morgan fingerprint density at radius 3 is 2.80 bits per heavy atom. The first-order valence-electron chi connectivity index (χ1n) is 9.19. The quantitative estimate of drug-likeness (QED) is 0.515. The summed E-state index contributed by atoms with van der Waals surface area (Å²) in [6.45, 7) is 1.77. The van der Waals surface area contributed by atoms with Crippen LogP contribution in [0.4, 0.5) is 0 Å². The Balaban J connectivity index is 1.59. The van der Waals surface area contributed by atoms with E-state index in [1.807, 2.05) is 42.5 Å². The molecule has 1 N–H and O–H groups in total. The molecule has 0 aliphatic carbocycles. The first kappa shape index (κ1) is 20.4. The Labute approximate surface area is 186 Å². The topological polar surface area (TPSA) is 67.8 Å². The van der Waals surface area contributed by atoms with Gasteiger partial charge in [0.2, 0.25) is 5.91 Å². The predicted molar refractivity (Wildman–Crippen MR) is 124 cm³/mol. The molecule has 1 aliphatic rings. The van der Waals surface area contributed by atoms with Gasteiger partial charge in [-0.3, -0.25) is 9.59 Å². The van der Waals surface area contributed by atoms with Gasteiger partial charge in [-0.05, 0) is 52.4 Å². The first-order chi connectivity index (χ1) is 14.5. The van der Waals surface area contributed by atoms with Gasteiger partial charge >= 0.3 is 0 Å². The third-order valence-corrected chi connectivity index (χ3v) is 5.82. The molecule has 0 bridgehead atoms. The van der Waals surface area contributed by atoms with Crippen LogP contribution in [-0.2, 0) is 16.2 Å². The van der Waals surface area contributed by atoms with E-state index in [0.717, 1.165) is 38.1 Å². The highest BCUT2D eigenvalue weighted by Crippen LogP contribution is 2.32. The number of ether oxygens (including phenoxy) is 1. The molecule has 0 fully saturated rings. The minimum Gasteiger partial charge on any atom is -0.488 e. The highest BCUT2D eigenvalue weighted by atomic mass is 79.9. The van der Waals surface area contributed by atoms with Crippen LogP contribution in [0.1, 0.15) is 18.1 Å². The molecule has 0 radical (unpaired) electrons. The smallest absolute Gasteiger partial charge is 0.286 e. The third kappa shape index (κ3) is 4.63. The summed E-state index contributed by atoms with van der Waals surface area (Å²) in [6, 6.07) is 19.9. The van der Waals surface area contributed by atoms with Crippen LogP contribution >= 0.6 is 27.7 Å². The second-order valence-corrected chi connectivity index (χ2v) is 8.57. The molecule has 0 unspecified atom stereocenters. The fourth-order valence-electron chi connectivity index (χ4n) is 3.09. The van der Waals surface area contributed by atoms with Crippen LogP contribution in [0.25, 0.3) is 16.8 Å². The van der Waals surface area contributed by atoms with Gasteiger partial charge in [0.1, 0.15) is 12.4 Å². The van der Waals surface area contributed by atoms with Crippen molar-refractivity contribution in [3.63, 3.8) is 0 Å². The van der Waals surface area contributed by atoms with Crippen molar-refractivity contribution in [2.45, 2.75) is 13.5 Å². The van der Waals surface area contributed by atoms with Gasteiger partial charge in [0.05, 0.1) is 4.91 Å². The lowest BCUT2D eigenvalue weighted by atomic mass is 10.1. The van der Waals surface area contributed by atoms with E-state index in [0.29, 0.717) is 17.3 Å². The Hall–Kier alpha value is -2.90. The molecule has 2 amide bonds. The number of thioether (sulfide) groups is 1. The average molecular weight is 481 g/mol. The first-order valence-corrected chi connectivity index (χ1v) is 10.8. The van der Waals surface area contributed by atoms with Crippen molar-refractivity contribution in [3.8, 4) is 5.75 Å². The third-order valence-electron chi connectivity index (χ3n) is 4.43. The summed E-state index contributed by atoms with van der Waals surface area (Å²) in [6.07, 6.45) is 1.73. The highest BCUT2D eigenvalue weighted by molar-refractivity contribution is 9.10. The highest BCUT2D eigenvalue weighted by Gasteiger charge is 2.23. The molecule has 5 nitrogen and oxygen atoms in total. The standard InChI is InChI=1S/C23H17BrN2O3S/c1-14(27)25-23-26-22(28)21(30-23)12-17-11-18(24)9-10-20(17)29-13-16-7-4-6-15-5-2-3-8-19(15)16/h2-12H,13H2,1H3,(H,25,26,27,28)/b21-12+. The van der Waals surface area contributed by atoms with Gasteiger partial charge in [-0.25, -0.2) is 0 Å². The molecule has 0 saturated carbocycles. The van der Waals surface area contributed by atoms with Crippen LogP contribution in [-0.4, -0.2) is 17.0 Å². The number of benzene rings is 3. The number of carbonyl (C=O) groups is 2. The molecule has 150 valence electrons. The van der Waals surface area contributed by atoms with Crippen molar-refractivity contribution in [1.82, 2.24) is 5.32 Å². The van der Waals surface area contributed by atoms with Crippen molar-refractivity contribution in [2.24, 2.45) is 4.99 Å². The van der Waals surface area contributed by atoms with E-state index < -0.39 is 0 Å². The van der Waals surface area contributed by atoms with Gasteiger partial charge in [0.15, 0.2) is 5.17 Å². The normalized spacial score (nSPS) is 14.8. The lowest BCUT2D eigenvalue weighted by Gasteiger charge is -2.12. The average Bonchev–Trinajstić information content (AvgIpc) is 3.05. The van der Waals surface area contributed by atoms with E-state index in [1.54, 1.807) is 6.08 Å². The molecule has 3 aromatic rings. The SMILES string of the molecule is CC(=O)NC1=NC(=O)/C(=C\c2cc(Br)ccc2OCc2cccc3ccccc23)S1. The van der Waals surface area contributed by atoms with Crippen molar-refractivity contribution >= 4 is 61.5 Å². The predicted octanol–water partition coefficient (Wildman–Crippen LogP) is 5.29. The number of amides is 2. The Kier molecular flexibility index (Phi) is 6.01. The summed E-state index contributed by atoms with van der Waals surface area (Å²) in [4.78, 5) is 27.7. The van der Waals surface area contributed by atoms with Crippen molar-refractivity contribution < 1.29 is 14.3 Å². The number of carbonyl (C=O) groups excluding carboxylic acids is 2. The molecular weight excluding hydrogens is 464 g/mol. The second-order valence-electron chi connectivity index (χ2n) is 6.62. The fourth-order valence-corrected chi connectivity index (χ4v) is 4.32. The van der Waals surface area contributed by atoms with Gasteiger partial charge < -0.3 is 10.1 Å². The van der Waals surface area contributed by atoms with E-state index in [1.165, 1.54) is 6.92 Å². The van der Waals surface area contributed by atoms with E-state index in [2.05, 4.69) is 44.4 Å². The summed E-state index contributed by atoms with van der Waals surface area (Å²) < 4.78 is 7.00. The van der Waals surface area contributed by atoms with E-state index in [9.17, 15) is 9.59 Å². The number of nitrogens with zero attached hydrogens (tertiary/aromatic N) is 1. The van der Waals surface area contributed by atoms with Crippen molar-refractivity contribution in [1.29, 1.82) is 0 Å². The zero-order valence-corrected chi connectivity index (χ0v) is 18.4.